The standard InChI is InChI=1S/C12H16N6O2S2/c1-6-15-17-10(21-6)13-8(19)9(20)14-11-18-16-7(22-11)5-12(2,3)4/h5H2,1-4H3,(H,13,17,19)(H,14,18,20). The smallest absolute Gasteiger partial charge is 0.292 e. The molecule has 0 aliphatic rings. The fraction of sp³-hybridized carbons (Fsp3) is 0.500. The van der Waals surface area contributed by atoms with Crippen LogP contribution in [-0.4, -0.2) is 32.2 Å². The SMILES string of the molecule is Cc1nnc(NC(=O)C(=O)Nc2nnc(CC(C)(C)C)s2)s1. The molecule has 2 aromatic heterocycles. The minimum Gasteiger partial charge on any atom is -0.292 e. The van der Waals surface area contributed by atoms with Gasteiger partial charge in [-0.05, 0) is 12.3 Å². The van der Waals surface area contributed by atoms with E-state index in [2.05, 4.69) is 51.8 Å². The molecule has 0 unspecified atom stereocenters. The Morgan fingerprint density at radius 1 is 0.955 bits per heavy atom. The molecule has 0 aliphatic carbocycles. The Balaban J connectivity index is 1.92. The van der Waals surface area contributed by atoms with Crippen molar-refractivity contribution in [3.63, 3.8) is 0 Å². The molecule has 2 amide bonds. The highest BCUT2D eigenvalue weighted by Gasteiger charge is 2.19. The number of nitrogens with one attached hydrogen (secondary N) is 2. The normalized spacial score (nSPS) is 11.3. The summed E-state index contributed by atoms with van der Waals surface area (Å²) in [6.45, 7) is 8.02. The summed E-state index contributed by atoms with van der Waals surface area (Å²) in [5.74, 6) is -1.63. The summed E-state index contributed by atoms with van der Waals surface area (Å²) in [4.78, 5) is 23.5. The quantitative estimate of drug-likeness (QED) is 0.825. The van der Waals surface area contributed by atoms with Gasteiger partial charge >= 0.3 is 11.8 Å². The van der Waals surface area contributed by atoms with E-state index < -0.39 is 11.8 Å². The van der Waals surface area contributed by atoms with Gasteiger partial charge in [0, 0.05) is 6.42 Å². The highest BCUT2D eigenvalue weighted by Crippen LogP contribution is 2.24. The third-order valence-electron chi connectivity index (χ3n) is 2.32. The lowest BCUT2D eigenvalue weighted by molar-refractivity contribution is -0.133. The van der Waals surface area contributed by atoms with E-state index >= 15 is 0 Å². The first-order valence-electron chi connectivity index (χ1n) is 6.48. The minimum atomic E-state index is -0.816. The largest absolute Gasteiger partial charge is 0.315 e. The molecule has 118 valence electrons. The van der Waals surface area contributed by atoms with Crippen LogP contribution in [0.25, 0.3) is 0 Å². The third-order valence-corrected chi connectivity index (χ3v) is 3.91. The molecule has 2 rings (SSSR count). The summed E-state index contributed by atoms with van der Waals surface area (Å²) in [6.07, 6.45) is 0.747. The van der Waals surface area contributed by atoms with Crippen molar-refractivity contribution in [1.82, 2.24) is 20.4 Å². The maximum atomic E-state index is 11.8. The van der Waals surface area contributed by atoms with Crippen LogP contribution >= 0.6 is 22.7 Å². The predicted octanol–water partition coefficient (Wildman–Crippen LogP) is 1.86. The van der Waals surface area contributed by atoms with E-state index in [0.717, 1.165) is 11.4 Å². The van der Waals surface area contributed by atoms with Crippen LogP contribution in [0.3, 0.4) is 0 Å². The van der Waals surface area contributed by atoms with Crippen molar-refractivity contribution < 1.29 is 9.59 Å². The van der Waals surface area contributed by atoms with Crippen molar-refractivity contribution in [3.05, 3.63) is 10.0 Å². The zero-order valence-corrected chi connectivity index (χ0v) is 14.3. The van der Waals surface area contributed by atoms with Gasteiger partial charge in [-0.25, -0.2) is 0 Å². The van der Waals surface area contributed by atoms with Crippen LogP contribution in [0.1, 0.15) is 30.8 Å². The van der Waals surface area contributed by atoms with Gasteiger partial charge in [0.2, 0.25) is 10.3 Å². The Labute approximate surface area is 135 Å². The van der Waals surface area contributed by atoms with Crippen LogP contribution in [0.2, 0.25) is 0 Å². The molecule has 2 N–H and O–H groups in total. The van der Waals surface area contributed by atoms with Crippen LogP contribution in [0, 0.1) is 12.3 Å². The highest BCUT2D eigenvalue weighted by molar-refractivity contribution is 7.15. The summed E-state index contributed by atoms with van der Waals surface area (Å²) in [5.41, 5.74) is 0.0773. The number of aromatic nitrogens is 4. The topological polar surface area (TPSA) is 110 Å². The molecule has 0 fully saturated rings. The van der Waals surface area contributed by atoms with E-state index in [-0.39, 0.29) is 10.5 Å². The molecular formula is C12H16N6O2S2. The molecule has 0 radical (unpaired) electrons. The van der Waals surface area contributed by atoms with Crippen molar-refractivity contribution in [3.8, 4) is 0 Å². The van der Waals surface area contributed by atoms with Gasteiger partial charge in [-0.2, -0.15) is 0 Å². The van der Waals surface area contributed by atoms with Gasteiger partial charge in [-0.1, -0.05) is 43.4 Å². The van der Waals surface area contributed by atoms with Crippen molar-refractivity contribution in [2.45, 2.75) is 34.1 Å². The van der Waals surface area contributed by atoms with Gasteiger partial charge in [-0.15, -0.1) is 20.4 Å². The van der Waals surface area contributed by atoms with E-state index in [1.54, 1.807) is 6.92 Å². The number of hydrogen-bond donors (Lipinski definition) is 2. The zero-order valence-electron chi connectivity index (χ0n) is 12.6. The van der Waals surface area contributed by atoms with Gasteiger partial charge in [0.1, 0.15) is 10.0 Å². The Bertz CT molecular complexity index is 688. The lowest BCUT2D eigenvalue weighted by Crippen LogP contribution is -2.29. The number of carbonyl (C=O) groups excluding carboxylic acids is 2. The van der Waals surface area contributed by atoms with Crippen molar-refractivity contribution in [1.29, 1.82) is 0 Å². The second kappa shape index (κ2) is 6.44. The van der Waals surface area contributed by atoms with Crippen LogP contribution in [0.4, 0.5) is 10.3 Å². The summed E-state index contributed by atoms with van der Waals surface area (Å²) < 4.78 is 0. The lowest BCUT2D eigenvalue weighted by Gasteiger charge is -2.14. The molecule has 0 aromatic carbocycles. The monoisotopic (exact) mass is 340 g/mol. The van der Waals surface area contributed by atoms with Gasteiger partial charge in [0.05, 0.1) is 0 Å². The molecule has 0 saturated carbocycles. The van der Waals surface area contributed by atoms with Crippen LogP contribution in [0.15, 0.2) is 0 Å². The summed E-state index contributed by atoms with van der Waals surface area (Å²) >= 11 is 2.45. The second-order valence-corrected chi connectivity index (χ2v) is 8.02. The molecule has 2 aromatic rings. The first-order chi connectivity index (χ1) is 10.2. The highest BCUT2D eigenvalue weighted by atomic mass is 32.1. The molecule has 0 aliphatic heterocycles. The molecule has 8 nitrogen and oxygen atoms in total. The first kappa shape index (κ1) is 16.4. The van der Waals surface area contributed by atoms with Crippen molar-refractivity contribution >= 4 is 44.8 Å². The Hall–Kier alpha value is -1.94. The van der Waals surface area contributed by atoms with Gasteiger partial charge in [0.15, 0.2) is 0 Å². The summed E-state index contributed by atoms with van der Waals surface area (Å²) in [6, 6.07) is 0. The fourth-order valence-electron chi connectivity index (χ4n) is 1.48. The average molecular weight is 340 g/mol. The number of carbonyl (C=O) groups is 2. The van der Waals surface area contributed by atoms with Crippen LogP contribution in [-0.2, 0) is 16.0 Å². The molecule has 0 bridgehead atoms. The van der Waals surface area contributed by atoms with Crippen molar-refractivity contribution in [2.24, 2.45) is 5.41 Å². The molecule has 22 heavy (non-hydrogen) atoms. The van der Waals surface area contributed by atoms with Gasteiger partial charge in [-0.3, -0.25) is 20.2 Å². The third kappa shape index (κ3) is 4.81. The molecule has 0 atom stereocenters. The maximum absolute atomic E-state index is 11.8. The number of anilines is 2. The first-order valence-corrected chi connectivity index (χ1v) is 8.11. The van der Waals surface area contributed by atoms with E-state index in [1.165, 1.54) is 22.7 Å². The van der Waals surface area contributed by atoms with Crippen LogP contribution < -0.4 is 10.6 Å². The molecule has 10 heteroatoms. The lowest BCUT2D eigenvalue weighted by atomic mass is 9.93. The van der Waals surface area contributed by atoms with Gasteiger partial charge < -0.3 is 0 Å². The summed E-state index contributed by atoms with van der Waals surface area (Å²) in [7, 11) is 0. The molecular weight excluding hydrogens is 324 g/mol. The van der Waals surface area contributed by atoms with E-state index in [9.17, 15) is 9.59 Å². The maximum Gasteiger partial charge on any atom is 0.315 e. The Kier molecular flexibility index (Phi) is 4.81. The number of nitrogens with zero attached hydrogens (tertiary/aromatic N) is 4. The van der Waals surface area contributed by atoms with Crippen molar-refractivity contribution in [2.75, 3.05) is 10.6 Å². The number of hydrogen-bond acceptors (Lipinski definition) is 8. The molecule has 0 saturated heterocycles. The molecule has 0 spiro atoms. The predicted molar refractivity (Wildman–Crippen MR) is 85.0 cm³/mol. The van der Waals surface area contributed by atoms with Crippen LogP contribution in [0.5, 0.6) is 0 Å². The Morgan fingerprint density at radius 3 is 2.00 bits per heavy atom. The summed E-state index contributed by atoms with van der Waals surface area (Å²) in [5, 5.41) is 22.2. The fourth-order valence-corrected chi connectivity index (χ4v) is 3.11. The number of amides is 2. The second-order valence-electron chi connectivity index (χ2n) is 5.77. The minimum absolute atomic E-state index is 0.0773. The Morgan fingerprint density at radius 2 is 1.50 bits per heavy atom. The number of rotatable bonds is 3. The van der Waals surface area contributed by atoms with E-state index in [1.807, 2.05) is 0 Å². The van der Waals surface area contributed by atoms with E-state index in [0.29, 0.717) is 10.1 Å². The zero-order chi connectivity index (χ0) is 16.3. The van der Waals surface area contributed by atoms with Gasteiger partial charge in [0.25, 0.3) is 0 Å². The average Bonchev–Trinajstić information content (AvgIpc) is 2.97. The van der Waals surface area contributed by atoms with E-state index in [4.69, 9.17) is 0 Å². The molecule has 2 heterocycles. The number of aryl methyl sites for hydroxylation is 1.